The van der Waals surface area contributed by atoms with Crippen LogP contribution in [-0.4, -0.2) is 24.2 Å². The van der Waals surface area contributed by atoms with Crippen LogP contribution in [0.25, 0.3) is 0 Å². The second-order valence-electron chi connectivity index (χ2n) is 5.57. The summed E-state index contributed by atoms with van der Waals surface area (Å²) in [5.74, 6) is 3.02. The van der Waals surface area contributed by atoms with Gasteiger partial charge in [0, 0.05) is 18.2 Å². The van der Waals surface area contributed by atoms with Crippen LogP contribution >= 0.6 is 0 Å². The number of hydrogen-bond donors (Lipinski definition) is 1. The molecule has 0 atom stereocenters. The summed E-state index contributed by atoms with van der Waals surface area (Å²) in [7, 11) is 3.29. The Labute approximate surface area is 131 Å². The summed E-state index contributed by atoms with van der Waals surface area (Å²) in [5.41, 5.74) is 9.28. The average molecular weight is 301 g/mol. The van der Waals surface area contributed by atoms with Crippen LogP contribution in [0.3, 0.4) is 0 Å². The topological polar surface area (TPSA) is 70.3 Å². The fourth-order valence-electron chi connectivity index (χ4n) is 2.48. The number of aryl methyl sites for hydroxylation is 1. The van der Waals surface area contributed by atoms with Gasteiger partial charge in [-0.3, -0.25) is 0 Å². The van der Waals surface area contributed by atoms with E-state index in [0.29, 0.717) is 29.7 Å². The van der Waals surface area contributed by atoms with E-state index in [2.05, 4.69) is 23.8 Å². The van der Waals surface area contributed by atoms with Gasteiger partial charge < -0.3 is 15.2 Å². The van der Waals surface area contributed by atoms with Gasteiger partial charge in [-0.1, -0.05) is 13.8 Å². The maximum Gasteiger partial charge on any atom is 0.161 e. The fraction of sp³-hybridized carbons (Fsp3) is 0.412. The number of anilines is 1. The molecule has 1 heterocycles. The molecule has 5 nitrogen and oxygen atoms in total. The van der Waals surface area contributed by atoms with Crippen LogP contribution in [0.4, 0.5) is 5.82 Å². The van der Waals surface area contributed by atoms with Gasteiger partial charge in [-0.25, -0.2) is 9.97 Å². The molecule has 1 aromatic heterocycles. The third-order valence-corrected chi connectivity index (χ3v) is 3.67. The van der Waals surface area contributed by atoms with Gasteiger partial charge in [0.1, 0.15) is 11.6 Å². The molecule has 0 fully saturated rings. The van der Waals surface area contributed by atoms with Gasteiger partial charge in [0.2, 0.25) is 0 Å². The highest BCUT2D eigenvalue weighted by Crippen LogP contribution is 2.35. The van der Waals surface area contributed by atoms with E-state index in [0.717, 1.165) is 16.9 Å². The van der Waals surface area contributed by atoms with Gasteiger partial charge in [0.15, 0.2) is 11.5 Å². The minimum Gasteiger partial charge on any atom is -0.493 e. The standard InChI is InChI=1S/C17H23N3O2/c1-10(2)14-8-16(22-5)15(21-4)7-12(14)6-13-9-19-11(3)20-17(13)18/h7-10H,6H2,1-5H3,(H2,18,19,20). The molecule has 0 saturated carbocycles. The number of methoxy groups -OCH3 is 2. The number of nitrogens with zero attached hydrogens (tertiary/aromatic N) is 2. The first-order valence-electron chi connectivity index (χ1n) is 7.29. The number of benzene rings is 1. The maximum atomic E-state index is 6.01. The average Bonchev–Trinajstić information content (AvgIpc) is 2.49. The molecule has 0 bridgehead atoms. The summed E-state index contributed by atoms with van der Waals surface area (Å²) >= 11 is 0. The third kappa shape index (κ3) is 3.30. The molecule has 22 heavy (non-hydrogen) atoms. The van der Waals surface area contributed by atoms with Gasteiger partial charge in [-0.2, -0.15) is 0 Å². The lowest BCUT2D eigenvalue weighted by atomic mass is 9.92. The lowest BCUT2D eigenvalue weighted by Gasteiger charge is -2.17. The van der Waals surface area contributed by atoms with Crippen molar-refractivity contribution in [1.29, 1.82) is 0 Å². The Morgan fingerprint density at radius 2 is 1.73 bits per heavy atom. The Morgan fingerprint density at radius 1 is 1.09 bits per heavy atom. The van der Waals surface area contributed by atoms with E-state index in [-0.39, 0.29) is 0 Å². The largest absolute Gasteiger partial charge is 0.493 e. The smallest absolute Gasteiger partial charge is 0.161 e. The highest BCUT2D eigenvalue weighted by atomic mass is 16.5. The lowest BCUT2D eigenvalue weighted by molar-refractivity contribution is 0.354. The number of rotatable bonds is 5. The predicted molar refractivity (Wildman–Crippen MR) is 87.6 cm³/mol. The normalized spacial score (nSPS) is 10.8. The molecule has 1 aromatic carbocycles. The van der Waals surface area contributed by atoms with Crippen LogP contribution in [0.1, 0.15) is 42.3 Å². The minimum atomic E-state index is 0.363. The molecule has 2 rings (SSSR count). The summed E-state index contributed by atoms with van der Waals surface area (Å²) in [6, 6.07) is 4.04. The van der Waals surface area contributed by atoms with Crippen molar-refractivity contribution in [1.82, 2.24) is 9.97 Å². The minimum absolute atomic E-state index is 0.363. The van der Waals surface area contributed by atoms with Crippen molar-refractivity contribution in [2.24, 2.45) is 0 Å². The molecule has 2 N–H and O–H groups in total. The molecular weight excluding hydrogens is 278 g/mol. The zero-order valence-electron chi connectivity index (χ0n) is 13.8. The second-order valence-corrected chi connectivity index (χ2v) is 5.57. The van der Waals surface area contributed by atoms with E-state index in [1.165, 1.54) is 5.56 Å². The van der Waals surface area contributed by atoms with Gasteiger partial charge in [-0.15, -0.1) is 0 Å². The van der Waals surface area contributed by atoms with E-state index in [4.69, 9.17) is 15.2 Å². The van der Waals surface area contributed by atoms with Crippen molar-refractivity contribution in [2.45, 2.75) is 33.1 Å². The summed E-state index contributed by atoms with van der Waals surface area (Å²) in [6.07, 6.45) is 2.46. The molecule has 0 aliphatic carbocycles. The second kappa shape index (κ2) is 6.64. The molecule has 0 radical (unpaired) electrons. The first kappa shape index (κ1) is 16.1. The molecule has 0 aliphatic rings. The Bertz CT molecular complexity index is 669. The molecule has 0 saturated heterocycles. The Morgan fingerprint density at radius 3 is 2.27 bits per heavy atom. The van der Waals surface area contributed by atoms with Gasteiger partial charge >= 0.3 is 0 Å². The summed E-state index contributed by atoms with van der Waals surface area (Å²) < 4.78 is 10.8. The summed E-state index contributed by atoms with van der Waals surface area (Å²) in [4.78, 5) is 8.47. The van der Waals surface area contributed by atoms with Crippen LogP contribution < -0.4 is 15.2 Å². The van der Waals surface area contributed by atoms with Gasteiger partial charge in [-0.05, 0) is 36.1 Å². The first-order valence-corrected chi connectivity index (χ1v) is 7.29. The molecule has 0 unspecified atom stereocenters. The molecule has 118 valence electrons. The van der Waals surface area contributed by atoms with Crippen LogP contribution in [0.5, 0.6) is 11.5 Å². The van der Waals surface area contributed by atoms with Crippen molar-refractivity contribution in [3.05, 3.63) is 40.8 Å². The van der Waals surface area contributed by atoms with E-state index < -0.39 is 0 Å². The van der Waals surface area contributed by atoms with Gasteiger partial charge in [0.05, 0.1) is 14.2 Å². The molecule has 5 heteroatoms. The van der Waals surface area contributed by atoms with Crippen LogP contribution in [0.15, 0.2) is 18.3 Å². The van der Waals surface area contributed by atoms with E-state index >= 15 is 0 Å². The van der Waals surface area contributed by atoms with Crippen LogP contribution in [0, 0.1) is 6.92 Å². The number of nitrogen functional groups attached to an aromatic ring is 1. The monoisotopic (exact) mass is 301 g/mol. The van der Waals surface area contributed by atoms with E-state index in [1.54, 1.807) is 20.4 Å². The SMILES string of the molecule is COc1cc(Cc2cnc(C)nc2N)c(C(C)C)cc1OC. The Kier molecular flexibility index (Phi) is 4.85. The van der Waals surface area contributed by atoms with Crippen LogP contribution in [0.2, 0.25) is 0 Å². The number of hydrogen-bond acceptors (Lipinski definition) is 5. The molecule has 0 aliphatic heterocycles. The first-order chi connectivity index (χ1) is 10.5. The quantitative estimate of drug-likeness (QED) is 0.919. The number of ether oxygens (including phenoxy) is 2. The zero-order chi connectivity index (χ0) is 16.3. The van der Waals surface area contributed by atoms with Crippen LogP contribution in [-0.2, 0) is 6.42 Å². The Balaban J connectivity index is 2.48. The summed E-state index contributed by atoms with van der Waals surface area (Å²) in [5, 5.41) is 0. The highest BCUT2D eigenvalue weighted by molar-refractivity contribution is 5.51. The number of nitrogens with two attached hydrogens (primary N) is 1. The van der Waals surface area contributed by atoms with Gasteiger partial charge in [0.25, 0.3) is 0 Å². The van der Waals surface area contributed by atoms with Crippen molar-refractivity contribution in [3.63, 3.8) is 0 Å². The number of aromatic nitrogens is 2. The lowest BCUT2D eigenvalue weighted by Crippen LogP contribution is -2.05. The Hall–Kier alpha value is -2.30. The van der Waals surface area contributed by atoms with Crippen molar-refractivity contribution < 1.29 is 9.47 Å². The maximum absolute atomic E-state index is 6.01. The molecule has 0 amide bonds. The molecule has 0 spiro atoms. The predicted octanol–water partition coefficient (Wildman–Crippen LogP) is 3.10. The molecule has 2 aromatic rings. The van der Waals surface area contributed by atoms with E-state index in [9.17, 15) is 0 Å². The third-order valence-electron chi connectivity index (χ3n) is 3.67. The van der Waals surface area contributed by atoms with E-state index in [1.807, 2.05) is 19.1 Å². The van der Waals surface area contributed by atoms with Crippen molar-refractivity contribution in [3.8, 4) is 11.5 Å². The summed E-state index contributed by atoms with van der Waals surface area (Å²) in [6.45, 7) is 6.13. The highest BCUT2D eigenvalue weighted by Gasteiger charge is 2.15. The van der Waals surface area contributed by atoms with Crippen molar-refractivity contribution >= 4 is 5.82 Å². The fourth-order valence-corrected chi connectivity index (χ4v) is 2.48. The molecular formula is C17H23N3O2. The van der Waals surface area contributed by atoms with Crippen molar-refractivity contribution in [2.75, 3.05) is 20.0 Å². The zero-order valence-corrected chi connectivity index (χ0v) is 13.8.